The minimum atomic E-state index is -2.89. The topological polar surface area (TPSA) is 34.1 Å². The molecule has 1 aromatic carbocycles. The first-order chi connectivity index (χ1) is 6.38. The molecule has 78 valence electrons. The van der Waals surface area contributed by atoms with Crippen molar-refractivity contribution in [3.63, 3.8) is 0 Å². The number of hydrogen-bond donors (Lipinski definition) is 0. The van der Waals surface area contributed by atoms with Gasteiger partial charge in [0.25, 0.3) is 0 Å². The quantitative estimate of drug-likeness (QED) is 0.851. The minimum Gasteiger partial charge on any atom is -0.229 e. The second-order valence-electron chi connectivity index (χ2n) is 3.55. The standard InChI is InChI=1S/C10H13BrO2S/c1-8(7-14(2,12)13)9-3-5-10(11)6-4-9/h3-6,8H,7H2,1-2H3. The van der Waals surface area contributed by atoms with Crippen LogP contribution >= 0.6 is 15.9 Å². The molecule has 0 saturated heterocycles. The van der Waals surface area contributed by atoms with E-state index in [1.165, 1.54) is 6.26 Å². The summed E-state index contributed by atoms with van der Waals surface area (Å²) in [6, 6.07) is 7.74. The maximum absolute atomic E-state index is 11.1. The predicted octanol–water partition coefficient (Wildman–Crippen LogP) is 2.60. The van der Waals surface area contributed by atoms with Gasteiger partial charge in [-0.1, -0.05) is 35.0 Å². The van der Waals surface area contributed by atoms with Crippen LogP contribution in [0.1, 0.15) is 18.4 Å². The smallest absolute Gasteiger partial charge is 0.148 e. The van der Waals surface area contributed by atoms with Crippen LogP contribution in [0.5, 0.6) is 0 Å². The van der Waals surface area contributed by atoms with E-state index in [1.54, 1.807) is 0 Å². The van der Waals surface area contributed by atoms with Crippen molar-refractivity contribution in [3.05, 3.63) is 34.3 Å². The molecule has 14 heavy (non-hydrogen) atoms. The summed E-state index contributed by atoms with van der Waals surface area (Å²) < 4.78 is 23.2. The number of hydrogen-bond acceptors (Lipinski definition) is 2. The van der Waals surface area contributed by atoms with Crippen molar-refractivity contribution < 1.29 is 8.42 Å². The molecular weight excluding hydrogens is 264 g/mol. The number of halogens is 1. The third kappa shape index (κ3) is 3.80. The Balaban J connectivity index is 2.80. The van der Waals surface area contributed by atoms with Gasteiger partial charge in [0, 0.05) is 10.7 Å². The molecule has 0 saturated carbocycles. The Morgan fingerprint density at radius 3 is 2.21 bits per heavy atom. The third-order valence-corrected chi connectivity index (χ3v) is 3.63. The summed E-state index contributed by atoms with van der Waals surface area (Å²) in [5.41, 5.74) is 1.05. The zero-order valence-corrected chi connectivity index (χ0v) is 10.6. The Morgan fingerprint density at radius 1 is 1.29 bits per heavy atom. The van der Waals surface area contributed by atoms with Gasteiger partial charge in [-0.3, -0.25) is 0 Å². The highest BCUT2D eigenvalue weighted by Crippen LogP contribution is 2.19. The summed E-state index contributed by atoms with van der Waals surface area (Å²) in [5.74, 6) is 0.257. The van der Waals surface area contributed by atoms with Gasteiger partial charge in [-0.15, -0.1) is 0 Å². The van der Waals surface area contributed by atoms with Crippen molar-refractivity contribution in [1.29, 1.82) is 0 Å². The van der Waals surface area contributed by atoms with Crippen molar-refractivity contribution in [2.45, 2.75) is 12.8 Å². The van der Waals surface area contributed by atoms with Gasteiger partial charge in [-0.05, 0) is 23.6 Å². The summed E-state index contributed by atoms with van der Waals surface area (Å²) in [6.07, 6.45) is 1.27. The summed E-state index contributed by atoms with van der Waals surface area (Å²) in [6.45, 7) is 1.92. The van der Waals surface area contributed by atoms with E-state index >= 15 is 0 Å². The molecule has 0 N–H and O–H groups in total. The second kappa shape index (κ2) is 4.45. The molecule has 1 rings (SSSR count). The van der Waals surface area contributed by atoms with Gasteiger partial charge in [0.05, 0.1) is 5.75 Å². The number of benzene rings is 1. The molecule has 1 unspecified atom stereocenters. The van der Waals surface area contributed by atoms with Crippen LogP contribution < -0.4 is 0 Å². The van der Waals surface area contributed by atoms with Gasteiger partial charge in [-0.25, -0.2) is 8.42 Å². The summed E-state index contributed by atoms with van der Waals surface area (Å²) in [7, 11) is -2.89. The SMILES string of the molecule is CC(CS(C)(=O)=O)c1ccc(Br)cc1. The van der Waals surface area contributed by atoms with Crippen LogP contribution in [0.4, 0.5) is 0 Å². The molecule has 0 aliphatic carbocycles. The molecule has 2 nitrogen and oxygen atoms in total. The van der Waals surface area contributed by atoms with Crippen LogP contribution in [0.3, 0.4) is 0 Å². The Bertz CT molecular complexity index is 395. The lowest BCUT2D eigenvalue weighted by Gasteiger charge is -2.10. The lowest BCUT2D eigenvalue weighted by atomic mass is 10.0. The molecule has 0 aliphatic rings. The highest BCUT2D eigenvalue weighted by Gasteiger charge is 2.11. The van der Waals surface area contributed by atoms with Gasteiger partial charge in [0.15, 0.2) is 0 Å². The van der Waals surface area contributed by atoms with E-state index < -0.39 is 9.84 Å². The molecule has 0 radical (unpaired) electrons. The Kier molecular flexibility index (Phi) is 3.72. The summed E-state index contributed by atoms with van der Waals surface area (Å²) in [5, 5.41) is 0. The highest BCUT2D eigenvalue weighted by molar-refractivity contribution is 9.10. The van der Waals surface area contributed by atoms with E-state index in [1.807, 2.05) is 31.2 Å². The maximum Gasteiger partial charge on any atom is 0.148 e. The van der Waals surface area contributed by atoms with Crippen LogP contribution in [0.25, 0.3) is 0 Å². The van der Waals surface area contributed by atoms with E-state index in [2.05, 4.69) is 15.9 Å². The van der Waals surface area contributed by atoms with Crippen LogP contribution in [0, 0.1) is 0 Å². The van der Waals surface area contributed by atoms with Gasteiger partial charge in [0.2, 0.25) is 0 Å². The van der Waals surface area contributed by atoms with Crippen molar-refractivity contribution in [3.8, 4) is 0 Å². The van der Waals surface area contributed by atoms with Gasteiger partial charge in [-0.2, -0.15) is 0 Å². The van der Waals surface area contributed by atoms with Crippen LogP contribution in [-0.2, 0) is 9.84 Å². The molecule has 1 atom stereocenters. The second-order valence-corrected chi connectivity index (χ2v) is 6.65. The molecule has 0 spiro atoms. The molecule has 0 heterocycles. The van der Waals surface area contributed by atoms with Gasteiger partial charge < -0.3 is 0 Å². The van der Waals surface area contributed by atoms with E-state index in [-0.39, 0.29) is 11.7 Å². The molecular formula is C10H13BrO2S. The number of sulfone groups is 1. The van der Waals surface area contributed by atoms with E-state index in [4.69, 9.17) is 0 Å². The maximum atomic E-state index is 11.1. The third-order valence-electron chi connectivity index (χ3n) is 1.99. The first-order valence-electron chi connectivity index (χ1n) is 4.31. The molecule has 4 heteroatoms. The average molecular weight is 277 g/mol. The molecule has 0 aromatic heterocycles. The minimum absolute atomic E-state index is 0.0538. The fourth-order valence-electron chi connectivity index (χ4n) is 1.34. The molecule has 0 bridgehead atoms. The average Bonchev–Trinajstić information content (AvgIpc) is 2.02. The fraction of sp³-hybridized carbons (Fsp3) is 0.400. The molecule has 0 fully saturated rings. The van der Waals surface area contributed by atoms with E-state index in [9.17, 15) is 8.42 Å². The van der Waals surface area contributed by atoms with Crippen molar-refractivity contribution in [2.24, 2.45) is 0 Å². The monoisotopic (exact) mass is 276 g/mol. The molecule has 1 aromatic rings. The summed E-state index contributed by atoms with van der Waals surface area (Å²) >= 11 is 3.34. The summed E-state index contributed by atoms with van der Waals surface area (Å²) in [4.78, 5) is 0. The van der Waals surface area contributed by atoms with E-state index in [0.717, 1.165) is 10.0 Å². The number of rotatable bonds is 3. The lowest BCUT2D eigenvalue weighted by Crippen LogP contribution is -2.10. The first kappa shape index (κ1) is 11.7. The van der Waals surface area contributed by atoms with Gasteiger partial charge >= 0.3 is 0 Å². The zero-order chi connectivity index (χ0) is 10.8. The lowest BCUT2D eigenvalue weighted by molar-refractivity contribution is 0.596. The van der Waals surface area contributed by atoms with Crippen LogP contribution in [0.2, 0.25) is 0 Å². The largest absolute Gasteiger partial charge is 0.229 e. The zero-order valence-electron chi connectivity index (χ0n) is 8.20. The van der Waals surface area contributed by atoms with Crippen molar-refractivity contribution in [1.82, 2.24) is 0 Å². The van der Waals surface area contributed by atoms with Crippen LogP contribution in [0.15, 0.2) is 28.7 Å². The van der Waals surface area contributed by atoms with Gasteiger partial charge in [0.1, 0.15) is 9.84 Å². The Labute approximate surface area is 93.4 Å². The fourth-order valence-corrected chi connectivity index (χ4v) is 2.71. The first-order valence-corrected chi connectivity index (χ1v) is 7.17. The molecule has 0 aliphatic heterocycles. The predicted molar refractivity (Wildman–Crippen MR) is 62.3 cm³/mol. The normalized spacial score (nSPS) is 13.9. The van der Waals surface area contributed by atoms with E-state index in [0.29, 0.717) is 0 Å². The van der Waals surface area contributed by atoms with Crippen molar-refractivity contribution in [2.75, 3.05) is 12.0 Å². The van der Waals surface area contributed by atoms with Crippen molar-refractivity contribution >= 4 is 25.8 Å². The Morgan fingerprint density at radius 2 is 1.79 bits per heavy atom. The Hall–Kier alpha value is -0.350. The van der Waals surface area contributed by atoms with Crippen LogP contribution in [-0.4, -0.2) is 20.4 Å². The molecule has 0 amide bonds. The highest BCUT2D eigenvalue weighted by atomic mass is 79.9.